The van der Waals surface area contributed by atoms with Crippen molar-refractivity contribution in [2.24, 2.45) is 0 Å². The van der Waals surface area contributed by atoms with Crippen molar-refractivity contribution in [1.82, 2.24) is 10.7 Å². The normalized spacial score (nSPS) is 16.1. The van der Waals surface area contributed by atoms with Gasteiger partial charge in [-0.15, -0.1) is 0 Å². The lowest BCUT2D eigenvalue weighted by Crippen LogP contribution is -2.18. The summed E-state index contributed by atoms with van der Waals surface area (Å²) in [6, 6.07) is 14.5. The monoisotopic (exact) mass is 374 g/mol. The third kappa shape index (κ3) is 5.47. The van der Waals surface area contributed by atoms with Crippen LogP contribution in [0.1, 0.15) is 37.7 Å². The maximum Gasteiger partial charge on any atom is 0.243 e. The lowest BCUT2D eigenvalue weighted by Gasteiger charge is -2.10. The number of hydrogen-bond donors (Lipinski definition) is 2. The Morgan fingerprint density at radius 3 is 2.77 bits per heavy atom. The molecule has 138 valence electrons. The van der Waals surface area contributed by atoms with Gasteiger partial charge in [0.2, 0.25) is 11.0 Å². The van der Waals surface area contributed by atoms with Crippen LogP contribution in [0, 0.1) is 0 Å². The van der Waals surface area contributed by atoms with Crippen molar-refractivity contribution < 1.29 is 19.1 Å². The highest BCUT2D eigenvalue weighted by molar-refractivity contribution is 7.98. The summed E-state index contributed by atoms with van der Waals surface area (Å²) in [4.78, 5) is 16.6. The number of amides is 1. The SMILES string of the molecule is O=C(CCCCCCN1OS/C(=C\c2ccc3ccccc3c2)O1)NO. The molecule has 1 amide bonds. The topological polar surface area (TPSA) is 71.0 Å². The summed E-state index contributed by atoms with van der Waals surface area (Å²) in [6.45, 7) is 0.661. The van der Waals surface area contributed by atoms with Crippen molar-refractivity contribution in [3.8, 4) is 0 Å². The van der Waals surface area contributed by atoms with Gasteiger partial charge in [0.1, 0.15) is 0 Å². The van der Waals surface area contributed by atoms with Gasteiger partial charge in [0.25, 0.3) is 0 Å². The number of carbonyl (C=O) groups is 1. The third-order valence-electron chi connectivity index (χ3n) is 4.07. The average molecular weight is 374 g/mol. The number of fused-ring (bicyclic) bond motifs is 1. The van der Waals surface area contributed by atoms with Crippen LogP contribution in [0.2, 0.25) is 0 Å². The van der Waals surface area contributed by atoms with Crippen LogP contribution >= 0.6 is 12.0 Å². The first-order valence-electron chi connectivity index (χ1n) is 8.68. The molecule has 0 bridgehead atoms. The van der Waals surface area contributed by atoms with Crippen LogP contribution in [-0.2, 0) is 13.9 Å². The van der Waals surface area contributed by atoms with E-state index in [1.165, 1.54) is 28.0 Å². The molecule has 1 aliphatic rings. The zero-order valence-electron chi connectivity index (χ0n) is 14.4. The van der Waals surface area contributed by atoms with Gasteiger partial charge in [-0.1, -0.05) is 49.2 Å². The molecule has 1 heterocycles. The first-order valence-corrected chi connectivity index (χ1v) is 9.42. The number of nitrogens with zero attached hydrogens (tertiary/aromatic N) is 1. The minimum absolute atomic E-state index is 0.337. The summed E-state index contributed by atoms with van der Waals surface area (Å²) in [5.74, 6) is -0.337. The smallest absolute Gasteiger partial charge is 0.243 e. The highest BCUT2D eigenvalue weighted by Crippen LogP contribution is 2.32. The molecule has 2 N–H and O–H groups in total. The molecule has 7 heteroatoms. The fourth-order valence-electron chi connectivity index (χ4n) is 2.71. The molecule has 0 aliphatic carbocycles. The number of benzene rings is 2. The molecule has 0 spiro atoms. The van der Waals surface area contributed by atoms with Gasteiger partial charge in [0, 0.05) is 6.42 Å². The van der Waals surface area contributed by atoms with Crippen molar-refractivity contribution in [3.05, 3.63) is 53.1 Å². The summed E-state index contributed by atoms with van der Waals surface area (Å²) >= 11 is 1.21. The molecule has 1 fully saturated rings. The Bertz CT molecular complexity index is 781. The van der Waals surface area contributed by atoms with E-state index in [-0.39, 0.29) is 5.91 Å². The molecule has 6 nitrogen and oxygen atoms in total. The van der Waals surface area contributed by atoms with Gasteiger partial charge in [-0.25, -0.2) is 5.48 Å². The van der Waals surface area contributed by atoms with E-state index in [9.17, 15) is 4.79 Å². The molecule has 0 saturated carbocycles. The van der Waals surface area contributed by atoms with Gasteiger partial charge in [-0.05, 0) is 46.5 Å². The molecule has 1 saturated heterocycles. The highest BCUT2D eigenvalue weighted by atomic mass is 32.2. The van der Waals surface area contributed by atoms with Gasteiger partial charge in [0.15, 0.2) is 0 Å². The molecule has 1 aliphatic heterocycles. The molecule has 2 aromatic rings. The molecule has 2 aromatic carbocycles. The zero-order valence-corrected chi connectivity index (χ0v) is 15.2. The van der Waals surface area contributed by atoms with Gasteiger partial charge in [-0.2, -0.15) is 4.28 Å². The summed E-state index contributed by atoms with van der Waals surface area (Å²) in [5.41, 5.74) is 2.71. The van der Waals surface area contributed by atoms with Crippen LogP contribution in [0.4, 0.5) is 0 Å². The Morgan fingerprint density at radius 1 is 1.12 bits per heavy atom. The quantitative estimate of drug-likeness (QED) is 0.308. The predicted octanol–water partition coefficient (Wildman–Crippen LogP) is 4.42. The van der Waals surface area contributed by atoms with E-state index in [2.05, 4.69) is 30.3 Å². The van der Waals surface area contributed by atoms with Crippen LogP contribution in [0.25, 0.3) is 16.8 Å². The van der Waals surface area contributed by atoms with Crippen LogP contribution in [-0.4, -0.2) is 22.9 Å². The molecule has 0 atom stereocenters. The Labute approximate surface area is 156 Å². The second kappa shape index (κ2) is 9.59. The fraction of sp³-hybridized carbons (Fsp3) is 0.316. The minimum Gasteiger partial charge on any atom is -0.370 e. The summed E-state index contributed by atoms with van der Waals surface area (Å²) < 4.78 is 5.45. The van der Waals surface area contributed by atoms with Gasteiger partial charge in [0.05, 0.1) is 18.6 Å². The van der Waals surface area contributed by atoms with Crippen LogP contribution < -0.4 is 5.48 Å². The number of unbranched alkanes of at least 4 members (excludes halogenated alkanes) is 3. The number of hydrogen-bond acceptors (Lipinski definition) is 6. The number of carbonyl (C=O) groups excluding carboxylic acids is 1. The van der Waals surface area contributed by atoms with Gasteiger partial charge in [-0.3, -0.25) is 10.0 Å². The first kappa shape index (κ1) is 18.7. The van der Waals surface area contributed by atoms with E-state index >= 15 is 0 Å². The highest BCUT2D eigenvalue weighted by Gasteiger charge is 2.20. The van der Waals surface area contributed by atoms with E-state index in [0.29, 0.717) is 18.1 Å². The standard InChI is InChI=1S/C19H22N2O4S/c22-18(20-23)9-3-1-2-6-12-21-24-19(26-25-21)14-15-10-11-16-7-4-5-8-17(16)13-15/h4-5,7-8,10-11,13-14,23H,1-3,6,9,12H2,(H,20,22)/b19-14-. The van der Waals surface area contributed by atoms with Gasteiger partial charge >= 0.3 is 0 Å². The number of rotatable bonds is 8. The molecule has 0 unspecified atom stereocenters. The van der Waals surface area contributed by atoms with E-state index in [4.69, 9.17) is 14.3 Å². The molecule has 0 aromatic heterocycles. The van der Waals surface area contributed by atoms with Gasteiger partial charge < -0.3 is 4.84 Å². The maximum atomic E-state index is 10.9. The molecular formula is C19H22N2O4S. The zero-order chi connectivity index (χ0) is 18.2. The second-order valence-electron chi connectivity index (χ2n) is 6.07. The van der Waals surface area contributed by atoms with Crippen molar-refractivity contribution in [2.75, 3.05) is 6.54 Å². The lowest BCUT2D eigenvalue weighted by atomic mass is 10.1. The largest absolute Gasteiger partial charge is 0.370 e. The lowest BCUT2D eigenvalue weighted by molar-refractivity contribution is -0.259. The second-order valence-corrected chi connectivity index (χ2v) is 6.79. The third-order valence-corrected chi connectivity index (χ3v) is 4.67. The molecule has 26 heavy (non-hydrogen) atoms. The number of hydroxylamine groups is 3. The molecule has 3 rings (SSSR count). The Kier molecular flexibility index (Phi) is 6.90. The first-order chi connectivity index (χ1) is 12.7. The van der Waals surface area contributed by atoms with Crippen molar-refractivity contribution in [1.29, 1.82) is 0 Å². The summed E-state index contributed by atoms with van der Waals surface area (Å²) in [7, 11) is 0. The Morgan fingerprint density at radius 2 is 1.92 bits per heavy atom. The Balaban J connectivity index is 1.41. The predicted molar refractivity (Wildman–Crippen MR) is 101 cm³/mol. The summed E-state index contributed by atoms with van der Waals surface area (Å²) in [5, 5.41) is 13.0. The van der Waals surface area contributed by atoms with Crippen molar-refractivity contribution >= 4 is 34.8 Å². The van der Waals surface area contributed by atoms with Crippen molar-refractivity contribution in [3.63, 3.8) is 0 Å². The van der Waals surface area contributed by atoms with Crippen LogP contribution in [0.3, 0.4) is 0 Å². The summed E-state index contributed by atoms with van der Waals surface area (Å²) in [6.07, 6.45) is 5.87. The number of nitrogens with one attached hydrogen (secondary N) is 1. The maximum absolute atomic E-state index is 10.9. The Hall–Kier alpha value is -2.06. The van der Waals surface area contributed by atoms with Crippen LogP contribution in [0.5, 0.6) is 0 Å². The fourth-order valence-corrected chi connectivity index (χ4v) is 3.27. The van der Waals surface area contributed by atoms with E-state index < -0.39 is 0 Å². The van der Waals surface area contributed by atoms with E-state index in [1.54, 1.807) is 5.48 Å². The van der Waals surface area contributed by atoms with Crippen molar-refractivity contribution in [2.45, 2.75) is 32.1 Å². The average Bonchev–Trinajstić information content (AvgIpc) is 3.11. The van der Waals surface area contributed by atoms with E-state index in [1.807, 2.05) is 18.2 Å². The minimum atomic E-state index is -0.337. The van der Waals surface area contributed by atoms with E-state index in [0.717, 1.165) is 31.2 Å². The van der Waals surface area contributed by atoms with Crippen LogP contribution in [0.15, 0.2) is 47.6 Å². The molecular weight excluding hydrogens is 352 g/mol. The molecule has 0 radical (unpaired) electrons.